The average molecular weight is 490 g/mol. The minimum Gasteiger partial charge on any atom is -0.481 e. The molecule has 1 aliphatic rings. The lowest BCUT2D eigenvalue weighted by atomic mass is 9.94. The van der Waals surface area contributed by atoms with Gasteiger partial charge in [0, 0.05) is 17.3 Å². The number of rotatable bonds is 11. The van der Waals surface area contributed by atoms with Crippen LogP contribution in [0.4, 0.5) is 4.39 Å². The number of carboxylic acid groups (broad SMARTS) is 1. The molecule has 1 aromatic carbocycles. The summed E-state index contributed by atoms with van der Waals surface area (Å²) in [6.07, 6.45) is 3.24. The molecule has 1 heterocycles. The summed E-state index contributed by atoms with van der Waals surface area (Å²) < 4.78 is 15.2. The SMILES string of the molecule is CC(C)c1c(C(=O)NC2CCCCC2)nn(-c2ccc(F)cc2)c1CCC(O)CC(O)CC(=O)O. The second-order valence-electron chi connectivity index (χ2n) is 9.74. The fraction of sp³-hybridized carbons (Fsp3) is 0.577. The van der Waals surface area contributed by atoms with E-state index < -0.39 is 24.6 Å². The number of halogens is 1. The Hall–Kier alpha value is -2.78. The molecule has 2 unspecified atom stereocenters. The summed E-state index contributed by atoms with van der Waals surface area (Å²) in [6, 6.07) is 5.95. The Morgan fingerprint density at radius 3 is 2.37 bits per heavy atom. The van der Waals surface area contributed by atoms with Gasteiger partial charge in [-0.1, -0.05) is 33.1 Å². The van der Waals surface area contributed by atoms with E-state index in [0.29, 0.717) is 17.8 Å². The first-order valence-corrected chi connectivity index (χ1v) is 12.4. The Balaban J connectivity index is 1.90. The minimum absolute atomic E-state index is 0.0407. The summed E-state index contributed by atoms with van der Waals surface area (Å²) in [7, 11) is 0. The van der Waals surface area contributed by atoms with Crippen LogP contribution in [0, 0.1) is 5.82 Å². The third-order valence-electron chi connectivity index (χ3n) is 6.49. The lowest BCUT2D eigenvalue weighted by Crippen LogP contribution is -2.36. The fourth-order valence-electron chi connectivity index (χ4n) is 4.80. The number of aromatic nitrogens is 2. The molecule has 35 heavy (non-hydrogen) atoms. The summed E-state index contributed by atoms with van der Waals surface area (Å²) in [4.78, 5) is 24.1. The Bertz CT molecular complexity index is 999. The zero-order valence-electron chi connectivity index (χ0n) is 20.4. The lowest BCUT2D eigenvalue weighted by Gasteiger charge is -2.22. The number of nitrogens with zero attached hydrogens (tertiary/aromatic N) is 2. The van der Waals surface area contributed by atoms with Crippen molar-refractivity contribution >= 4 is 11.9 Å². The highest BCUT2D eigenvalue weighted by molar-refractivity contribution is 5.94. The minimum atomic E-state index is -1.15. The number of aliphatic hydroxyl groups excluding tert-OH is 2. The first-order valence-electron chi connectivity index (χ1n) is 12.4. The maximum atomic E-state index is 13.6. The van der Waals surface area contributed by atoms with E-state index >= 15 is 0 Å². The van der Waals surface area contributed by atoms with E-state index in [0.717, 1.165) is 36.9 Å². The van der Waals surface area contributed by atoms with Gasteiger partial charge in [0.25, 0.3) is 5.91 Å². The van der Waals surface area contributed by atoms with Crippen LogP contribution in [-0.2, 0) is 11.2 Å². The molecule has 2 atom stereocenters. The van der Waals surface area contributed by atoms with Gasteiger partial charge in [0.2, 0.25) is 0 Å². The second kappa shape index (κ2) is 12.3. The summed E-state index contributed by atoms with van der Waals surface area (Å²) in [5.74, 6) is -1.79. The molecular weight excluding hydrogens is 453 g/mol. The van der Waals surface area contributed by atoms with Gasteiger partial charge in [-0.2, -0.15) is 5.10 Å². The van der Waals surface area contributed by atoms with Crippen molar-refractivity contribution in [3.63, 3.8) is 0 Å². The fourth-order valence-corrected chi connectivity index (χ4v) is 4.80. The maximum Gasteiger partial charge on any atom is 0.305 e. The quantitative estimate of drug-likeness (QED) is 0.381. The van der Waals surface area contributed by atoms with Crippen LogP contribution in [0.15, 0.2) is 24.3 Å². The summed E-state index contributed by atoms with van der Waals surface area (Å²) >= 11 is 0. The van der Waals surface area contributed by atoms with Crippen molar-refractivity contribution in [2.45, 2.75) is 95.8 Å². The van der Waals surface area contributed by atoms with Crippen LogP contribution < -0.4 is 5.32 Å². The van der Waals surface area contributed by atoms with Crippen molar-refractivity contribution < 1.29 is 29.3 Å². The van der Waals surface area contributed by atoms with Crippen molar-refractivity contribution in [2.75, 3.05) is 0 Å². The van der Waals surface area contributed by atoms with E-state index in [1.165, 1.54) is 18.6 Å². The molecule has 1 amide bonds. The number of benzene rings is 1. The monoisotopic (exact) mass is 489 g/mol. The molecular formula is C26H36FN3O5. The molecule has 0 bridgehead atoms. The van der Waals surface area contributed by atoms with Crippen molar-refractivity contribution in [3.05, 3.63) is 47.0 Å². The van der Waals surface area contributed by atoms with Crippen LogP contribution in [0.3, 0.4) is 0 Å². The molecule has 192 valence electrons. The number of aliphatic carboxylic acids is 1. The third-order valence-corrected chi connectivity index (χ3v) is 6.49. The van der Waals surface area contributed by atoms with E-state index in [2.05, 4.69) is 10.4 Å². The number of aliphatic hydroxyl groups is 2. The molecule has 0 aliphatic heterocycles. The van der Waals surface area contributed by atoms with Crippen molar-refractivity contribution in [1.82, 2.24) is 15.1 Å². The standard InChI is InChI=1S/C26H36FN3O5/c1-16(2)24-22(13-12-20(31)14-21(32)15-23(33)34)30(19-10-8-17(27)9-11-19)29-25(24)26(35)28-18-6-4-3-5-7-18/h8-11,16,18,20-21,31-32H,3-7,12-15H2,1-2H3,(H,28,35)(H,33,34). The summed E-state index contributed by atoms with van der Waals surface area (Å²) in [5, 5.41) is 36.9. The molecule has 8 nitrogen and oxygen atoms in total. The second-order valence-corrected chi connectivity index (χ2v) is 9.74. The van der Waals surface area contributed by atoms with Gasteiger partial charge in [-0.3, -0.25) is 9.59 Å². The van der Waals surface area contributed by atoms with Gasteiger partial charge >= 0.3 is 5.97 Å². The van der Waals surface area contributed by atoms with Gasteiger partial charge in [0.05, 0.1) is 24.3 Å². The molecule has 2 aromatic rings. The van der Waals surface area contributed by atoms with E-state index in [9.17, 15) is 24.2 Å². The average Bonchev–Trinajstić information content (AvgIpc) is 3.18. The maximum absolute atomic E-state index is 13.6. The number of carboxylic acids is 1. The van der Waals surface area contributed by atoms with Crippen LogP contribution >= 0.6 is 0 Å². The Kier molecular flexibility index (Phi) is 9.40. The van der Waals surface area contributed by atoms with E-state index in [1.807, 2.05) is 13.8 Å². The highest BCUT2D eigenvalue weighted by atomic mass is 19.1. The Morgan fingerprint density at radius 2 is 1.77 bits per heavy atom. The summed E-state index contributed by atoms with van der Waals surface area (Å²) in [5.41, 5.74) is 2.42. The molecule has 1 aromatic heterocycles. The van der Waals surface area contributed by atoms with Gasteiger partial charge in [-0.15, -0.1) is 0 Å². The zero-order chi connectivity index (χ0) is 25.5. The molecule has 0 spiro atoms. The largest absolute Gasteiger partial charge is 0.481 e. The van der Waals surface area contributed by atoms with Gasteiger partial charge in [-0.25, -0.2) is 9.07 Å². The molecule has 1 saturated carbocycles. The first kappa shape index (κ1) is 26.8. The Labute approximate surface area is 205 Å². The highest BCUT2D eigenvalue weighted by Gasteiger charge is 2.28. The first-order chi connectivity index (χ1) is 16.7. The summed E-state index contributed by atoms with van der Waals surface area (Å²) in [6.45, 7) is 3.94. The van der Waals surface area contributed by atoms with Crippen LogP contribution in [0.5, 0.6) is 0 Å². The number of amides is 1. The number of carbonyl (C=O) groups excluding carboxylic acids is 1. The van der Waals surface area contributed by atoms with Crippen molar-refractivity contribution in [2.24, 2.45) is 0 Å². The topological polar surface area (TPSA) is 125 Å². The molecule has 9 heteroatoms. The lowest BCUT2D eigenvalue weighted by molar-refractivity contribution is -0.139. The molecule has 1 fully saturated rings. The predicted molar refractivity (Wildman–Crippen MR) is 129 cm³/mol. The van der Waals surface area contributed by atoms with Crippen LogP contribution in [-0.4, -0.2) is 55.2 Å². The van der Waals surface area contributed by atoms with Crippen LogP contribution in [0.1, 0.15) is 92.9 Å². The highest BCUT2D eigenvalue weighted by Crippen LogP contribution is 2.29. The number of hydrogen-bond acceptors (Lipinski definition) is 5. The molecule has 0 saturated heterocycles. The molecule has 3 rings (SSSR count). The van der Waals surface area contributed by atoms with Crippen molar-refractivity contribution in [1.29, 1.82) is 0 Å². The van der Waals surface area contributed by atoms with Gasteiger partial charge in [0.1, 0.15) is 5.82 Å². The number of hydrogen-bond donors (Lipinski definition) is 4. The van der Waals surface area contributed by atoms with Crippen LogP contribution in [0.25, 0.3) is 5.69 Å². The van der Waals surface area contributed by atoms with Gasteiger partial charge < -0.3 is 20.6 Å². The van der Waals surface area contributed by atoms with E-state index in [4.69, 9.17) is 5.11 Å². The van der Waals surface area contributed by atoms with E-state index in [1.54, 1.807) is 16.8 Å². The Morgan fingerprint density at radius 1 is 1.11 bits per heavy atom. The normalized spacial score (nSPS) is 16.3. The number of nitrogens with one attached hydrogen (secondary N) is 1. The molecule has 1 aliphatic carbocycles. The molecule has 4 N–H and O–H groups in total. The predicted octanol–water partition coefficient (Wildman–Crippen LogP) is 3.72. The number of carbonyl (C=O) groups is 2. The third kappa shape index (κ3) is 7.35. The molecule has 0 radical (unpaired) electrons. The zero-order valence-corrected chi connectivity index (χ0v) is 20.4. The van der Waals surface area contributed by atoms with E-state index in [-0.39, 0.29) is 36.5 Å². The van der Waals surface area contributed by atoms with Gasteiger partial charge in [-0.05, 0) is 62.3 Å². The van der Waals surface area contributed by atoms with Crippen LogP contribution in [0.2, 0.25) is 0 Å². The van der Waals surface area contributed by atoms with Crippen molar-refractivity contribution in [3.8, 4) is 5.69 Å². The van der Waals surface area contributed by atoms with Gasteiger partial charge in [0.15, 0.2) is 5.69 Å². The smallest absolute Gasteiger partial charge is 0.305 e.